The summed E-state index contributed by atoms with van der Waals surface area (Å²) >= 11 is 12.2. The van der Waals surface area contributed by atoms with Crippen molar-refractivity contribution in [1.29, 1.82) is 0 Å². The van der Waals surface area contributed by atoms with Crippen molar-refractivity contribution >= 4 is 64.6 Å². The van der Waals surface area contributed by atoms with E-state index in [2.05, 4.69) is 39.9 Å². The molecule has 30 heavy (non-hydrogen) atoms. The number of fused-ring (bicyclic) bond motifs is 1. The summed E-state index contributed by atoms with van der Waals surface area (Å²) in [5.41, 5.74) is 3.38. The van der Waals surface area contributed by atoms with Gasteiger partial charge in [-0.2, -0.15) is 0 Å². The van der Waals surface area contributed by atoms with Crippen molar-refractivity contribution < 1.29 is 0 Å². The number of hydrogen-bond acceptors (Lipinski definition) is 3. The number of nitrogens with zero attached hydrogens (tertiary/aromatic N) is 1. The van der Waals surface area contributed by atoms with Crippen LogP contribution in [0.1, 0.15) is 31.2 Å². The molecule has 1 aliphatic rings. The molecule has 2 N–H and O–H groups in total. The molecule has 1 aromatic heterocycles. The first kappa shape index (κ1) is 25.0. The zero-order chi connectivity index (χ0) is 19.3. The Labute approximate surface area is 200 Å². The number of halogens is 4. The predicted molar refractivity (Wildman–Crippen MR) is 134 cm³/mol. The van der Waals surface area contributed by atoms with Crippen LogP contribution in [-0.4, -0.2) is 23.6 Å². The zero-order valence-electron chi connectivity index (χ0n) is 16.6. The van der Waals surface area contributed by atoms with Crippen molar-refractivity contribution in [3.8, 4) is 0 Å². The standard InChI is InChI=1S/C23H25Cl2N3.2ClH/c24-17-3-1-2-16(14-17)10-12-26-19-5-7-20(8-6-19)28-22-11-13-27-23-15-18(25)4-9-21(22)23;;/h1-4,9,11,13-15,19-20,26H,5-8,10,12H2,(H,27,28);2*1H. The average molecular weight is 487 g/mol. The number of anilines is 1. The summed E-state index contributed by atoms with van der Waals surface area (Å²) in [6.45, 7) is 0.999. The molecule has 0 amide bonds. The van der Waals surface area contributed by atoms with E-state index in [0.717, 1.165) is 39.6 Å². The van der Waals surface area contributed by atoms with Crippen molar-refractivity contribution in [2.24, 2.45) is 0 Å². The summed E-state index contributed by atoms with van der Waals surface area (Å²) in [5, 5.41) is 10.1. The van der Waals surface area contributed by atoms with Gasteiger partial charge in [0, 0.05) is 39.4 Å². The molecule has 0 aliphatic heterocycles. The fourth-order valence-corrected chi connectivity index (χ4v) is 4.40. The summed E-state index contributed by atoms with van der Waals surface area (Å²) in [6, 6.07) is 17.2. The van der Waals surface area contributed by atoms with Gasteiger partial charge in [0.1, 0.15) is 0 Å². The van der Waals surface area contributed by atoms with Crippen LogP contribution in [0.2, 0.25) is 10.0 Å². The van der Waals surface area contributed by atoms with Crippen LogP contribution >= 0.6 is 48.0 Å². The fraction of sp³-hybridized carbons (Fsp3) is 0.348. The molecular formula is C23H27Cl4N3. The Hall–Kier alpha value is -1.23. The van der Waals surface area contributed by atoms with Gasteiger partial charge in [-0.15, -0.1) is 24.8 Å². The Morgan fingerprint density at radius 3 is 2.37 bits per heavy atom. The van der Waals surface area contributed by atoms with E-state index in [9.17, 15) is 0 Å². The second-order valence-electron chi connectivity index (χ2n) is 7.55. The normalized spacial score (nSPS) is 18.3. The van der Waals surface area contributed by atoms with Crippen LogP contribution in [0.5, 0.6) is 0 Å². The minimum Gasteiger partial charge on any atom is -0.382 e. The van der Waals surface area contributed by atoms with Crippen molar-refractivity contribution in [1.82, 2.24) is 10.3 Å². The molecule has 0 radical (unpaired) electrons. The molecule has 1 aliphatic carbocycles. The highest BCUT2D eigenvalue weighted by Gasteiger charge is 2.21. The van der Waals surface area contributed by atoms with Gasteiger partial charge in [0.15, 0.2) is 0 Å². The number of nitrogens with one attached hydrogen (secondary N) is 2. The minimum atomic E-state index is 0. The van der Waals surface area contributed by atoms with Crippen molar-refractivity contribution in [2.45, 2.75) is 44.2 Å². The van der Waals surface area contributed by atoms with Crippen molar-refractivity contribution in [2.75, 3.05) is 11.9 Å². The van der Waals surface area contributed by atoms with Crippen molar-refractivity contribution in [3.63, 3.8) is 0 Å². The van der Waals surface area contributed by atoms with E-state index in [-0.39, 0.29) is 24.8 Å². The highest BCUT2D eigenvalue weighted by atomic mass is 35.5. The molecule has 0 saturated heterocycles. The summed E-state index contributed by atoms with van der Waals surface area (Å²) in [4.78, 5) is 4.43. The van der Waals surface area contributed by atoms with Gasteiger partial charge >= 0.3 is 0 Å². The topological polar surface area (TPSA) is 37.0 Å². The summed E-state index contributed by atoms with van der Waals surface area (Å²) in [6.07, 6.45) is 7.61. The molecule has 1 fully saturated rings. The van der Waals surface area contributed by atoms with Crippen LogP contribution in [-0.2, 0) is 6.42 Å². The van der Waals surface area contributed by atoms with Crippen LogP contribution in [0.25, 0.3) is 10.9 Å². The van der Waals surface area contributed by atoms with Gasteiger partial charge < -0.3 is 10.6 Å². The number of aromatic nitrogens is 1. The van der Waals surface area contributed by atoms with Crippen LogP contribution < -0.4 is 10.6 Å². The lowest BCUT2D eigenvalue weighted by atomic mass is 9.90. The molecule has 4 rings (SSSR count). The maximum absolute atomic E-state index is 6.09. The Morgan fingerprint density at radius 1 is 0.867 bits per heavy atom. The third kappa shape index (κ3) is 6.63. The smallest absolute Gasteiger partial charge is 0.0737 e. The van der Waals surface area contributed by atoms with Gasteiger partial charge in [0.05, 0.1) is 5.52 Å². The van der Waals surface area contributed by atoms with E-state index in [0.29, 0.717) is 12.1 Å². The third-order valence-electron chi connectivity index (χ3n) is 5.53. The number of benzene rings is 2. The van der Waals surface area contributed by atoms with Gasteiger partial charge in [0.25, 0.3) is 0 Å². The van der Waals surface area contributed by atoms with Crippen LogP contribution in [0.4, 0.5) is 5.69 Å². The maximum atomic E-state index is 6.09. The molecule has 0 spiro atoms. The van der Waals surface area contributed by atoms with Crippen LogP contribution in [0.3, 0.4) is 0 Å². The Balaban J connectivity index is 0.00000160. The minimum absolute atomic E-state index is 0. The molecular weight excluding hydrogens is 460 g/mol. The lowest BCUT2D eigenvalue weighted by Gasteiger charge is -2.30. The SMILES string of the molecule is Cl.Cl.Clc1cccc(CCNC2CCC(Nc3ccnc4cc(Cl)ccc34)CC2)c1. The Morgan fingerprint density at radius 2 is 1.60 bits per heavy atom. The summed E-state index contributed by atoms with van der Waals surface area (Å²) in [5.74, 6) is 0. The molecule has 1 saturated carbocycles. The fourth-order valence-electron chi connectivity index (χ4n) is 4.02. The summed E-state index contributed by atoms with van der Waals surface area (Å²) < 4.78 is 0. The monoisotopic (exact) mass is 485 g/mol. The van der Waals surface area contributed by atoms with E-state index in [4.69, 9.17) is 23.2 Å². The van der Waals surface area contributed by atoms with Crippen LogP contribution in [0.15, 0.2) is 54.7 Å². The van der Waals surface area contributed by atoms with Gasteiger partial charge in [-0.1, -0.05) is 35.3 Å². The van der Waals surface area contributed by atoms with Gasteiger partial charge in [0.2, 0.25) is 0 Å². The van der Waals surface area contributed by atoms with Gasteiger partial charge in [-0.25, -0.2) is 0 Å². The van der Waals surface area contributed by atoms with E-state index in [1.807, 2.05) is 30.5 Å². The molecule has 3 nitrogen and oxygen atoms in total. The van der Waals surface area contributed by atoms with Crippen molar-refractivity contribution in [3.05, 3.63) is 70.3 Å². The third-order valence-corrected chi connectivity index (χ3v) is 6.00. The number of pyridine rings is 1. The molecule has 3 aromatic rings. The predicted octanol–water partition coefficient (Wildman–Crippen LogP) is 6.94. The molecule has 7 heteroatoms. The lowest BCUT2D eigenvalue weighted by Crippen LogP contribution is -2.37. The van der Waals surface area contributed by atoms with E-state index in [1.165, 1.54) is 31.2 Å². The number of hydrogen-bond donors (Lipinski definition) is 2. The largest absolute Gasteiger partial charge is 0.382 e. The second kappa shape index (κ2) is 12.0. The average Bonchev–Trinajstić information content (AvgIpc) is 2.69. The second-order valence-corrected chi connectivity index (χ2v) is 8.42. The lowest BCUT2D eigenvalue weighted by molar-refractivity contribution is 0.356. The van der Waals surface area contributed by atoms with Gasteiger partial charge in [-0.05, 0) is 80.6 Å². The van der Waals surface area contributed by atoms with E-state index >= 15 is 0 Å². The molecule has 0 bridgehead atoms. The van der Waals surface area contributed by atoms with E-state index in [1.54, 1.807) is 0 Å². The molecule has 162 valence electrons. The van der Waals surface area contributed by atoms with E-state index < -0.39 is 0 Å². The first-order valence-electron chi connectivity index (χ1n) is 9.96. The Kier molecular flexibility index (Phi) is 9.99. The first-order chi connectivity index (χ1) is 13.7. The van der Waals surface area contributed by atoms with Gasteiger partial charge in [-0.3, -0.25) is 4.98 Å². The zero-order valence-corrected chi connectivity index (χ0v) is 19.8. The summed E-state index contributed by atoms with van der Waals surface area (Å²) in [7, 11) is 0. The molecule has 0 unspecified atom stereocenters. The number of rotatable bonds is 6. The molecule has 1 heterocycles. The Bertz CT molecular complexity index is 943. The molecule has 0 atom stereocenters. The maximum Gasteiger partial charge on any atom is 0.0737 e. The quantitative estimate of drug-likeness (QED) is 0.396. The first-order valence-corrected chi connectivity index (χ1v) is 10.7. The molecule has 2 aromatic carbocycles. The highest BCUT2D eigenvalue weighted by molar-refractivity contribution is 6.31. The van der Waals surface area contributed by atoms with Crippen LogP contribution in [0, 0.1) is 0 Å². The highest BCUT2D eigenvalue weighted by Crippen LogP contribution is 2.28.